The molecule has 0 atom stereocenters. The Hall–Kier alpha value is -0.590. The van der Waals surface area contributed by atoms with E-state index in [0.717, 1.165) is 22.2 Å². The normalized spacial score (nSPS) is 11.7. The molecule has 0 unspecified atom stereocenters. The standard InChI is InChI=1S/C14H24N2O2S2/c1-5-16(10-14(3,4)18)13(17)6-7-19-8-12-9-20-11(2)15-12/h9,18H,5-8,10H2,1-4H3. The first-order chi connectivity index (χ1) is 9.31. The maximum atomic E-state index is 12.1. The van der Waals surface area contributed by atoms with Gasteiger partial charge in [0.15, 0.2) is 0 Å². The average molecular weight is 316 g/mol. The molecule has 1 rings (SSSR count). The number of rotatable bonds is 8. The van der Waals surface area contributed by atoms with Crippen molar-refractivity contribution in [3.8, 4) is 0 Å². The van der Waals surface area contributed by atoms with E-state index in [2.05, 4.69) is 10.4 Å². The number of carbonyl (C=O) groups is 1. The van der Waals surface area contributed by atoms with Crippen LogP contribution >= 0.6 is 23.1 Å². The van der Waals surface area contributed by atoms with Gasteiger partial charge in [0.1, 0.15) is 0 Å². The molecule has 0 aromatic carbocycles. The second-order valence-corrected chi connectivity index (χ2v) is 7.55. The van der Waals surface area contributed by atoms with Crippen molar-refractivity contribution >= 4 is 29.0 Å². The monoisotopic (exact) mass is 316 g/mol. The number of aliphatic hydroxyl groups is 1. The van der Waals surface area contributed by atoms with Crippen molar-refractivity contribution in [1.82, 2.24) is 9.88 Å². The fourth-order valence-corrected chi connectivity index (χ4v) is 3.35. The first-order valence-corrected chi connectivity index (χ1v) is 8.84. The Labute approximate surface area is 129 Å². The van der Waals surface area contributed by atoms with Crippen molar-refractivity contribution < 1.29 is 9.90 Å². The van der Waals surface area contributed by atoms with E-state index in [1.807, 2.05) is 13.8 Å². The lowest BCUT2D eigenvalue weighted by Gasteiger charge is -2.28. The van der Waals surface area contributed by atoms with Crippen LogP contribution in [0.15, 0.2) is 5.38 Å². The SMILES string of the molecule is CCN(CC(C)(C)O)C(=O)CCSCc1csc(C)n1. The molecule has 6 heteroatoms. The Bertz CT molecular complexity index is 427. The van der Waals surface area contributed by atoms with E-state index < -0.39 is 5.60 Å². The molecule has 1 aromatic heterocycles. The van der Waals surface area contributed by atoms with Gasteiger partial charge < -0.3 is 10.0 Å². The quantitative estimate of drug-likeness (QED) is 0.749. The second-order valence-electron chi connectivity index (χ2n) is 5.38. The van der Waals surface area contributed by atoms with Gasteiger partial charge in [-0.1, -0.05) is 0 Å². The summed E-state index contributed by atoms with van der Waals surface area (Å²) in [6.07, 6.45) is 0.512. The van der Waals surface area contributed by atoms with Gasteiger partial charge in [-0.05, 0) is 27.7 Å². The first kappa shape index (κ1) is 17.5. The predicted octanol–water partition coefficient (Wildman–Crippen LogP) is 2.69. The van der Waals surface area contributed by atoms with E-state index in [0.29, 0.717) is 19.5 Å². The highest BCUT2D eigenvalue weighted by Gasteiger charge is 2.20. The Balaban J connectivity index is 2.27. The minimum Gasteiger partial charge on any atom is -0.389 e. The summed E-state index contributed by atoms with van der Waals surface area (Å²) in [5.41, 5.74) is 0.255. The van der Waals surface area contributed by atoms with Gasteiger partial charge in [0.05, 0.1) is 16.3 Å². The zero-order chi connectivity index (χ0) is 15.2. The van der Waals surface area contributed by atoms with Gasteiger partial charge >= 0.3 is 0 Å². The van der Waals surface area contributed by atoms with E-state index in [4.69, 9.17) is 0 Å². The Kier molecular flexibility index (Phi) is 6.99. The largest absolute Gasteiger partial charge is 0.389 e. The summed E-state index contributed by atoms with van der Waals surface area (Å²) in [7, 11) is 0. The second kappa shape index (κ2) is 8.00. The fraction of sp³-hybridized carbons (Fsp3) is 0.714. The molecule has 1 heterocycles. The lowest BCUT2D eigenvalue weighted by atomic mass is 10.1. The molecule has 0 spiro atoms. The summed E-state index contributed by atoms with van der Waals surface area (Å²) in [6.45, 7) is 8.41. The minimum absolute atomic E-state index is 0.108. The van der Waals surface area contributed by atoms with Crippen LogP contribution in [0.3, 0.4) is 0 Å². The molecule has 1 amide bonds. The van der Waals surface area contributed by atoms with Gasteiger partial charge in [0.25, 0.3) is 0 Å². The number of likely N-dealkylation sites (N-methyl/N-ethyl adjacent to an activating group) is 1. The highest BCUT2D eigenvalue weighted by molar-refractivity contribution is 7.98. The number of carbonyl (C=O) groups excluding carboxylic acids is 1. The zero-order valence-corrected chi connectivity index (χ0v) is 14.3. The molecule has 0 radical (unpaired) electrons. The number of nitrogens with zero attached hydrogens (tertiary/aromatic N) is 2. The molecular formula is C14H24N2O2S2. The van der Waals surface area contributed by atoms with Crippen molar-refractivity contribution in [2.75, 3.05) is 18.8 Å². The van der Waals surface area contributed by atoms with Gasteiger partial charge in [0.2, 0.25) is 5.91 Å². The van der Waals surface area contributed by atoms with Crippen molar-refractivity contribution in [1.29, 1.82) is 0 Å². The van der Waals surface area contributed by atoms with Crippen molar-refractivity contribution in [3.63, 3.8) is 0 Å². The number of aromatic nitrogens is 1. The maximum absolute atomic E-state index is 12.1. The average Bonchev–Trinajstić information content (AvgIpc) is 2.76. The lowest BCUT2D eigenvalue weighted by Crippen LogP contribution is -2.42. The van der Waals surface area contributed by atoms with Crippen LogP contribution in [0.2, 0.25) is 0 Å². The molecule has 0 saturated heterocycles. The van der Waals surface area contributed by atoms with E-state index in [-0.39, 0.29) is 5.91 Å². The Morgan fingerprint density at radius 1 is 1.55 bits per heavy atom. The number of thiazole rings is 1. The summed E-state index contributed by atoms with van der Waals surface area (Å²) in [6, 6.07) is 0. The van der Waals surface area contributed by atoms with E-state index in [1.165, 1.54) is 0 Å². The maximum Gasteiger partial charge on any atom is 0.223 e. The minimum atomic E-state index is -0.836. The number of hydrogen-bond acceptors (Lipinski definition) is 5. The third kappa shape index (κ3) is 6.72. The van der Waals surface area contributed by atoms with Crippen LogP contribution in [0.25, 0.3) is 0 Å². The fourth-order valence-electron chi connectivity index (χ4n) is 1.81. The third-order valence-corrected chi connectivity index (χ3v) is 4.50. The molecule has 4 nitrogen and oxygen atoms in total. The number of thioether (sulfide) groups is 1. The third-order valence-electron chi connectivity index (χ3n) is 2.69. The van der Waals surface area contributed by atoms with Crippen LogP contribution in [0.5, 0.6) is 0 Å². The Morgan fingerprint density at radius 3 is 2.75 bits per heavy atom. The zero-order valence-electron chi connectivity index (χ0n) is 12.7. The predicted molar refractivity (Wildman–Crippen MR) is 86.2 cm³/mol. The van der Waals surface area contributed by atoms with Crippen molar-refractivity contribution in [2.45, 2.75) is 45.5 Å². The summed E-state index contributed by atoms with van der Waals surface area (Å²) in [4.78, 5) is 18.2. The highest BCUT2D eigenvalue weighted by atomic mass is 32.2. The van der Waals surface area contributed by atoms with E-state index in [1.54, 1.807) is 41.8 Å². The molecule has 1 aromatic rings. The summed E-state index contributed by atoms with van der Waals surface area (Å²) in [5, 5.41) is 12.9. The summed E-state index contributed by atoms with van der Waals surface area (Å²) >= 11 is 3.38. The smallest absolute Gasteiger partial charge is 0.223 e. The van der Waals surface area contributed by atoms with Crippen LogP contribution in [0.4, 0.5) is 0 Å². The summed E-state index contributed by atoms with van der Waals surface area (Å²) in [5.74, 6) is 1.75. The van der Waals surface area contributed by atoms with Gasteiger partial charge in [-0.3, -0.25) is 4.79 Å². The lowest BCUT2D eigenvalue weighted by molar-refractivity contribution is -0.133. The van der Waals surface area contributed by atoms with Crippen LogP contribution < -0.4 is 0 Å². The van der Waals surface area contributed by atoms with Crippen LogP contribution in [-0.4, -0.2) is 45.3 Å². The van der Waals surface area contributed by atoms with Crippen molar-refractivity contribution in [3.05, 3.63) is 16.1 Å². The Morgan fingerprint density at radius 2 is 2.25 bits per heavy atom. The first-order valence-electron chi connectivity index (χ1n) is 6.80. The molecule has 0 saturated carbocycles. The molecule has 0 aliphatic rings. The van der Waals surface area contributed by atoms with Gasteiger partial charge in [-0.15, -0.1) is 11.3 Å². The number of hydrogen-bond donors (Lipinski definition) is 1. The van der Waals surface area contributed by atoms with Gasteiger partial charge in [-0.25, -0.2) is 4.98 Å². The molecule has 0 fully saturated rings. The van der Waals surface area contributed by atoms with Crippen LogP contribution in [-0.2, 0) is 10.5 Å². The molecule has 0 aliphatic carbocycles. The van der Waals surface area contributed by atoms with Crippen LogP contribution in [0, 0.1) is 6.92 Å². The molecular weight excluding hydrogens is 292 g/mol. The number of amides is 1. The molecule has 114 valence electrons. The molecule has 0 bridgehead atoms. The van der Waals surface area contributed by atoms with E-state index >= 15 is 0 Å². The van der Waals surface area contributed by atoms with E-state index in [9.17, 15) is 9.90 Å². The van der Waals surface area contributed by atoms with Crippen molar-refractivity contribution in [2.24, 2.45) is 0 Å². The van der Waals surface area contributed by atoms with Gasteiger partial charge in [-0.2, -0.15) is 11.8 Å². The molecule has 0 aliphatic heterocycles. The summed E-state index contributed by atoms with van der Waals surface area (Å²) < 4.78 is 0. The van der Waals surface area contributed by atoms with Crippen LogP contribution in [0.1, 0.15) is 37.9 Å². The van der Waals surface area contributed by atoms with Gasteiger partial charge in [0, 0.05) is 36.4 Å². The molecule has 20 heavy (non-hydrogen) atoms. The topological polar surface area (TPSA) is 53.4 Å². The highest BCUT2D eigenvalue weighted by Crippen LogP contribution is 2.16. The number of aryl methyl sites for hydroxylation is 1. The molecule has 1 N–H and O–H groups in total.